The first-order valence-corrected chi connectivity index (χ1v) is 6.86. The lowest BCUT2D eigenvalue weighted by atomic mass is 9.96. The van der Waals surface area contributed by atoms with E-state index in [9.17, 15) is 9.90 Å². The van der Waals surface area contributed by atoms with Crippen LogP contribution in [0, 0.1) is 5.92 Å². The minimum atomic E-state index is -0.685. The number of nitrogens with two attached hydrogens (primary N) is 1. The molecule has 0 radical (unpaired) electrons. The van der Waals surface area contributed by atoms with Crippen LogP contribution in [0.1, 0.15) is 38.3 Å². The monoisotopic (exact) mass is 264 g/mol. The standard InChI is InChI=1S/C15H24N2O2/c1-3-11(4-2)13(18)10-17-15(19)14(16)12-8-6-5-7-9-12/h5-9,11,13-14,18H,3-4,10,16H2,1-2H3,(H,17,19). The Labute approximate surface area is 115 Å². The zero-order chi connectivity index (χ0) is 14.3. The fourth-order valence-electron chi connectivity index (χ4n) is 2.13. The molecule has 4 heteroatoms. The normalized spacial score (nSPS) is 14.2. The van der Waals surface area contributed by atoms with Gasteiger partial charge in [0.25, 0.3) is 0 Å². The number of rotatable bonds is 7. The molecule has 0 aliphatic rings. The van der Waals surface area contributed by atoms with Crippen molar-refractivity contribution in [3.63, 3.8) is 0 Å². The summed E-state index contributed by atoms with van der Waals surface area (Å²) in [6.45, 7) is 4.33. The Kier molecular flexibility index (Phi) is 6.53. The zero-order valence-electron chi connectivity index (χ0n) is 11.7. The molecule has 19 heavy (non-hydrogen) atoms. The summed E-state index contributed by atoms with van der Waals surface area (Å²) in [5, 5.41) is 12.7. The fourth-order valence-corrected chi connectivity index (χ4v) is 2.13. The van der Waals surface area contributed by atoms with E-state index < -0.39 is 12.1 Å². The van der Waals surface area contributed by atoms with Crippen LogP contribution in [0.4, 0.5) is 0 Å². The van der Waals surface area contributed by atoms with Crippen molar-refractivity contribution in [1.82, 2.24) is 5.32 Å². The van der Waals surface area contributed by atoms with E-state index in [4.69, 9.17) is 5.73 Å². The van der Waals surface area contributed by atoms with Crippen LogP contribution in [0.25, 0.3) is 0 Å². The highest BCUT2D eigenvalue weighted by molar-refractivity contribution is 5.82. The van der Waals surface area contributed by atoms with Crippen LogP contribution in [0.2, 0.25) is 0 Å². The van der Waals surface area contributed by atoms with Gasteiger partial charge < -0.3 is 16.2 Å². The predicted molar refractivity (Wildman–Crippen MR) is 76.5 cm³/mol. The van der Waals surface area contributed by atoms with Gasteiger partial charge in [0, 0.05) is 6.54 Å². The highest BCUT2D eigenvalue weighted by Gasteiger charge is 2.19. The van der Waals surface area contributed by atoms with Crippen molar-refractivity contribution in [3.8, 4) is 0 Å². The van der Waals surface area contributed by atoms with Gasteiger partial charge in [-0.2, -0.15) is 0 Å². The topological polar surface area (TPSA) is 75.3 Å². The minimum Gasteiger partial charge on any atom is -0.391 e. The zero-order valence-corrected chi connectivity index (χ0v) is 11.7. The van der Waals surface area contributed by atoms with Crippen LogP contribution < -0.4 is 11.1 Å². The molecule has 1 rings (SSSR count). The number of carbonyl (C=O) groups is 1. The van der Waals surface area contributed by atoms with Crippen molar-refractivity contribution in [2.75, 3.05) is 6.54 Å². The van der Waals surface area contributed by atoms with Gasteiger partial charge in [0.2, 0.25) is 5.91 Å². The third-order valence-electron chi connectivity index (χ3n) is 3.52. The van der Waals surface area contributed by atoms with Gasteiger partial charge in [-0.1, -0.05) is 57.0 Å². The summed E-state index contributed by atoms with van der Waals surface area (Å²) >= 11 is 0. The Bertz CT molecular complexity index is 377. The van der Waals surface area contributed by atoms with Crippen LogP contribution in [0.15, 0.2) is 30.3 Å². The lowest BCUT2D eigenvalue weighted by Crippen LogP contribution is -2.40. The third-order valence-corrected chi connectivity index (χ3v) is 3.52. The summed E-state index contributed by atoms with van der Waals surface area (Å²) in [6, 6.07) is 8.53. The Morgan fingerprint density at radius 1 is 1.26 bits per heavy atom. The maximum Gasteiger partial charge on any atom is 0.241 e. The SMILES string of the molecule is CCC(CC)C(O)CNC(=O)C(N)c1ccccc1. The molecule has 4 N–H and O–H groups in total. The maximum absolute atomic E-state index is 11.9. The molecule has 0 aliphatic heterocycles. The van der Waals surface area contributed by atoms with Crippen molar-refractivity contribution in [2.45, 2.75) is 38.8 Å². The first kappa shape index (κ1) is 15.7. The third kappa shape index (κ3) is 4.65. The summed E-state index contributed by atoms with van der Waals surface area (Å²) in [6.07, 6.45) is 1.29. The van der Waals surface area contributed by atoms with Crippen molar-refractivity contribution in [1.29, 1.82) is 0 Å². The van der Waals surface area contributed by atoms with E-state index in [1.807, 2.05) is 44.2 Å². The molecule has 0 aliphatic carbocycles. The summed E-state index contributed by atoms with van der Waals surface area (Å²) in [7, 11) is 0. The molecule has 0 spiro atoms. The molecule has 2 unspecified atom stereocenters. The van der Waals surface area contributed by atoms with E-state index in [-0.39, 0.29) is 18.4 Å². The Morgan fingerprint density at radius 2 is 1.84 bits per heavy atom. The largest absolute Gasteiger partial charge is 0.391 e. The Hall–Kier alpha value is -1.39. The van der Waals surface area contributed by atoms with Gasteiger partial charge in [0.1, 0.15) is 6.04 Å². The van der Waals surface area contributed by atoms with Gasteiger partial charge in [0.05, 0.1) is 6.10 Å². The van der Waals surface area contributed by atoms with Gasteiger partial charge in [-0.3, -0.25) is 4.79 Å². The predicted octanol–water partition coefficient (Wildman–Crippen LogP) is 1.60. The van der Waals surface area contributed by atoms with Crippen molar-refractivity contribution in [2.24, 2.45) is 11.7 Å². The lowest BCUT2D eigenvalue weighted by molar-refractivity contribution is -0.123. The smallest absolute Gasteiger partial charge is 0.241 e. The second kappa shape index (κ2) is 7.92. The number of aliphatic hydroxyl groups is 1. The van der Waals surface area contributed by atoms with Crippen molar-refractivity contribution < 1.29 is 9.90 Å². The number of amides is 1. The molecule has 1 amide bonds. The molecule has 0 bridgehead atoms. The van der Waals surface area contributed by atoms with Gasteiger partial charge in [-0.05, 0) is 11.5 Å². The molecule has 1 aromatic carbocycles. The van der Waals surface area contributed by atoms with E-state index in [1.54, 1.807) is 0 Å². The highest BCUT2D eigenvalue weighted by atomic mass is 16.3. The number of nitrogens with one attached hydrogen (secondary N) is 1. The molecule has 2 atom stereocenters. The Balaban J connectivity index is 2.47. The maximum atomic E-state index is 11.9. The van der Waals surface area contributed by atoms with Gasteiger partial charge >= 0.3 is 0 Å². The number of aliphatic hydroxyl groups excluding tert-OH is 1. The number of hydrogen-bond donors (Lipinski definition) is 3. The van der Waals surface area contributed by atoms with Crippen LogP contribution in [0.3, 0.4) is 0 Å². The first-order chi connectivity index (χ1) is 9.10. The van der Waals surface area contributed by atoms with Crippen LogP contribution in [-0.2, 0) is 4.79 Å². The average molecular weight is 264 g/mol. The van der Waals surface area contributed by atoms with E-state index in [2.05, 4.69) is 5.32 Å². The van der Waals surface area contributed by atoms with E-state index >= 15 is 0 Å². The van der Waals surface area contributed by atoms with E-state index in [0.29, 0.717) is 0 Å². The van der Waals surface area contributed by atoms with Crippen molar-refractivity contribution in [3.05, 3.63) is 35.9 Å². The number of carbonyl (C=O) groups excluding carboxylic acids is 1. The summed E-state index contributed by atoms with van der Waals surface area (Å²) in [5.74, 6) is -0.0375. The number of benzene rings is 1. The van der Waals surface area contributed by atoms with Crippen molar-refractivity contribution >= 4 is 5.91 Å². The first-order valence-electron chi connectivity index (χ1n) is 6.86. The van der Waals surface area contributed by atoms with Gasteiger partial charge in [-0.15, -0.1) is 0 Å². The summed E-state index contributed by atoms with van der Waals surface area (Å²) in [5.41, 5.74) is 6.65. The molecule has 106 valence electrons. The number of hydrogen-bond acceptors (Lipinski definition) is 3. The van der Waals surface area contributed by atoms with Gasteiger partial charge in [0.15, 0.2) is 0 Å². The Morgan fingerprint density at radius 3 is 2.37 bits per heavy atom. The van der Waals surface area contributed by atoms with Gasteiger partial charge in [-0.25, -0.2) is 0 Å². The summed E-state index contributed by atoms with van der Waals surface area (Å²) in [4.78, 5) is 11.9. The van der Waals surface area contributed by atoms with E-state index in [1.165, 1.54) is 0 Å². The second-order valence-corrected chi connectivity index (χ2v) is 4.78. The second-order valence-electron chi connectivity index (χ2n) is 4.78. The molecule has 0 aromatic heterocycles. The molecule has 0 saturated heterocycles. The fraction of sp³-hybridized carbons (Fsp3) is 0.533. The van der Waals surface area contributed by atoms with Crippen LogP contribution in [0.5, 0.6) is 0 Å². The lowest BCUT2D eigenvalue weighted by Gasteiger charge is -2.21. The molecule has 1 aromatic rings. The molecular weight excluding hydrogens is 240 g/mol. The molecular formula is C15H24N2O2. The average Bonchev–Trinajstić information content (AvgIpc) is 2.46. The molecule has 0 heterocycles. The molecule has 0 fully saturated rings. The quantitative estimate of drug-likeness (QED) is 0.700. The summed E-state index contributed by atoms with van der Waals surface area (Å²) < 4.78 is 0. The molecule has 0 saturated carbocycles. The van der Waals surface area contributed by atoms with E-state index in [0.717, 1.165) is 18.4 Å². The molecule has 4 nitrogen and oxygen atoms in total. The highest BCUT2D eigenvalue weighted by Crippen LogP contribution is 2.13. The van der Waals surface area contributed by atoms with Crippen LogP contribution >= 0.6 is 0 Å². The van der Waals surface area contributed by atoms with Crippen LogP contribution in [-0.4, -0.2) is 23.7 Å². The minimum absolute atomic E-state index is 0.216.